The number of rotatable bonds is 6. The number of piperidine rings is 1. The summed E-state index contributed by atoms with van der Waals surface area (Å²) in [5, 5.41) is 4.15. The molecule has 3 aromatic rings. The van der Waals surface area contributed by atoms with Crippen molar-refractivity contribution in [2.24, 2.45) is 0 Å². The van der Waals surface area contributed by atoms with E-state index in [1.807, 2.05) is 43.0 Å². The number of hydrogen-bond donors (Lipinski definition) is 1. The molecule has 0 unspecified atom stereocenters. The van der Waals surface area contributed by atoms with Gasteiger partial charge in [-0.15, -0.1) is 0 Å². The lowest BCUT2D eigenvalue weighted by Crippen LogP contribution is -2.49. The number of anilines is 2. The van der Waals surface area contributed by atoms with Crippen LogP contribution in [-0.4, -0.2) is 76.8 Å². The van der Waals surface area contributed by atoms with Gasteiger partial charge in [0.25, 0.3) is 0 Å². The van der Waals surface area contributed by atoms with E-state index in [4.69, 9.17) is 4.74 Å². The van der Waals surface area contributed by atoms with Gasteiger partial charge in [-0.3, -0.25) is 0 Å². The summed E-state index contributed by atoms with van der Waals surface area (Å²) in [4.78, 5) is 26.4. The molecule has 39 heavy (non-hydrogen) atoms. The number of carbonyl (C=O) groups is 1. The van der Waals surface area contributed by atoms with Gasteiger partial charge in [-0.1, -0.05) is 25.8 Å². The van der Waals surface area contributed by atoms with Gasteiger partial charge < -0.3 is 19.9 Å². The van der Waals surface area contributed by atoms with Crippen molar-refractivity contribution in [2.75, 3.05) is 55.7 Å². The number of fused-ring (bicyclic) bond motifs is 1. The van der Waals surface area contributed by atoms with Gasteiger partial charge >= 0.3 is 6.03 Å². The quantitative estimate of drug-likeness (QED) is 0.378. The molecule has 1 aromatic heterocycles. The second-order valence-electron chi connectivity index (χ2n) is 10.1. The van der Waals surface area contributed by atoms with Crippen molar-refractivity contribution in [1.29, 1.82) is 0 Å². The summed E-state index contributed by atoms with van der Waals surface area (Å²) in [5.41, 5.74) is 4.07. The van der Waals surface area contributed by atoms with E-state index in [0.29, 0.717) is 19.0 Å². The highest BCUT2D eigenvalue weighted by Gasteiger charge is 2.29. The minimum absolute atomic E-state index is 0.0299. The molecule has 3 fully saturated rings. The van der Waals surface area contributed by atoms with E-state index in [-0.39, 0.29) is 12.1 Å². The summed E-state index contributed by atoms with van der Waals surface area (Å²) in [6.45, 7) is 9.56. The first kappa shape index (κ1) is 27.5. The zero-order chi connectivity index (χ0) is 27.2. The van der Waals surface area contributed by atoms with Crippen LogP contribution in [0.5, 0.6) is 5.75 Å². The molecule has 3 saturated heterocycles. The maximum absolute atomic E-state index is 12.9. The molecule has 0 saturated carbocycles. The van der Waals surface area contributed by atoms with Crippen LogP contribution in [0.4, 0.5) is 16.2 Å². The fraction of sp³-hybridized carbons (Fsp3) is 0.500. The highest BCUT2D eigenvalue weighted by molar-refractivity contribution is 7.96. The molecule has 0 aliphatic carbocycles. The first-order chi connectivity index (χ1) is 19.2. The maximum Gasteiger partial charge on any atom is 0.321 e. The monoisotopic (exact) mass is 548 g/mol. The Hall–Kier alpha value is -3.04. The van der Waals surface area contributed by atoms with Crippen molar-refractivity contribution in [2.45, 2.75) is 51.6 Å². The van der Waals surface area contributed by atoms with Crippen LogP contribution in [0.15, 0.2) is 48.8 Å². The van der Waals surface area contributed by atoms with E-state index in [2.05, 4.69) is 48.9 Å². The Morgan fingerprint density at radius 1 is 0.974 bits per heavy atom. The SMILES string of the molecule is CC.CSN1CC(Oc2ccc3c(C4CCN(C(=O)Nc5ccc(N6CCCC6)cc5)CC4)ncnc3c2)C1. The van der Waals surface area contributed by atoms with E-state index < -0.39 is 0 Å². The number of amides is 2. The Labute approximate surface area is 236 Å². The Morgan fingerprint density at radius 2 is 1.69 bits per heavy atom. The van der Waals surface area contributed by atoms with Crippen molar-refractivity contribution in [3.63, 3.8) is 0 Å². The number of urea groups is 1. The Balaban J connectivity index is 0.00000151. The molecule has 0 atom stereocenters. The smallest absolute Gasteiger partial charge is 0.321 e. The second kappa shape index (κ2) is 12.9. The zero-order valence-corrected chi connectivity index (χ0v) is 24.1. The van der Waals surface area contributed by atoms with Crippen molar-refractivity contribution in [1.82, 2.24) is 19.2 Å². The third-order valence-corrected chi connectivity index (χ3v) is 8.59. The summed E-state index contributed by atoms with van der Waals surface area (Å²) in [6, 6.07) is 14.4. The number of likely N-dealkylation sites (tertiary alicyclic amines) is 1. The summed E-state index contributed by atoms with van der Waals surface area (Å²) in [6.07, 6.45) is 8.28. The van der Waals surface area contributed by atoms with Crippen molar-refractivity contribution < 1.29 is 9.53 Å². The van der Waals surface area contributed by atoms with E-state index in [0.717, 1.165) is 67.1 Å². The molecule has 208 valence electrons. The molecule has 0 radical (unpaired) electrons. The fourth-order valence-electron chi connectivity index (χ4n) is 5.56. The van der Waals surface area contributed by atoms with Gasteiger partial charge in [-0.2, -0.15) is 0 Å². The third-order valence-electron chi connectivity index (χ3n) is 7.77. The van der Waals surface area contributed by atoms with E-state index >= 15 is 0 Å². The molecule has 3 aliphatic heterocycles. The lowest BCUT2D eigenvalue weighted by atomic mass is 9.91. The van der Waals surface area contributed by atoms with Crippen molar-refractivity contribution >= 4 is 40.3 Å². The summed E-state index contributed by atoms with van der Waals surface area (Å²) >= 11 is 1.76. The number of hydrogen-bond acceptors (Lipinski definition) is 7. The third kappa shape index (κ3) is 6.41. The van der Waals surface area contributed by atoms with Gasteiger partial charge in [0.15, 0.2) is 0 Å². The van der Waals surface area contributed by atoms with Crippen LogP contribution in [0.1, 0.15) is 51.1 Å². The number of benzene rings is 2. The molecule has 8 nitrogen and oxygen atoms in total. The van der Waals surface area contributed by atoms with E-state index in [1.165, 1.54) is 18.5 Å². The van der Waals surface area contributed by atoms with Gasteiger partial charge in [0.05, 0.1) is 11.2 Å². The normalized spacial score (nSPS) is 18.4. The van der Waals surface area contributed by atoms with E-state index in [1.54, 1.807) is 18.3 Å². The average Bonchev–Trinajstić information content (AvgIpc) is 3.51. The molecule has 0 spiro atoms. The number of nitrogens with zero attached hydrogens (tertiary/aromatic N) is 5. The summed E-state index contributed by atoms with van der Waals surface area (Å²) in [7, 11) is 0. The lowest BCUT2D eigenvalue weighted by Gasteiger charge is -2.37. The highest BCUT2D eigenvalue weighted by Crippen LogP contribution is 2.33. The number of nitrogens with one attached hydrogen (secondary N) is 1. The van der Waals surface area contributed by atoms with Crippen LogP contribution in [0.3, 0.4) is 0 Å². The Bertz CT molecular complexity index is 1240. The first-order valence-corrected chi connectivity index (χ1v) is 15.5. The molecular weight excluding hydrogens is 508 g/mol. The minimum atomic E-state index is -0.0299. The van der Waals surface area contributed by atoms with Gasteiger partial charge in [0.1, 0.15) is 18.2 Å². The van der Waals surface area contributed by atoms with Crippen LogP contribution in [-0.2, 0) is 0 Å². The lowest BCUT2D eigenvalue weighted by molar-refractivity contribution is 0.0841. The molecule has 6 rings (SSSR count). The van der Waals surface area contributed by atoms with Crippen LogP contribution in [0.2, 0.25) is 0 Å². The van der Waals surface area contributed by atoms with Gasteiger partial charge in [0.2, 0.25) is 0 Å². The predicted octanol–water partition coefficient (Wildman–Crippen LogP) is 6.01. The fourth-order valence-corrected chi connectivity index (χ4v) is 6.19. The van der Waals surface area contributed by atoms with Crippen LogP contribution < -0.4 is 15.0 Å². The second-order valence-corrected chi connectivity index (χ2v) is 11.0. The highest BCUT2D eigenvalue weighted by atomic mass is 32.2. The van der Waals surface area contributed by atoms with Gasteiger partial charge in [-0.25, -0.2) is 19.1 Å². The standard InChI is InChI=1S/C28H34N6O2S.C2H6/c1-37-34-17-24(18-34)36-23-8-9-25-26(16-23)29-19-30-27(25)20-10-14-33(15-11-20)28(35)31-21-4-6-22(7-5-21)32-12-2-3-13-32;1-2/h4-9,16,19-20,24H,2-3,10-15,17-18H2,1H3,(H,31,35);1-2H3. The molecule has 2 amide bonds. The van der Waals surface area contributed by atoms with Gasteiger partial charge in [-0.05, 0) is 68.3 Å². The maximum atomic E-state index is 12.9. The van der Waals surface area contributed by atoms with E-state index in [9.17, 15) is 4.79 Å². The van der Waals surface area contributed by atoms with Crippen molar-refractivity contribution in [3.05, 3.63) is 54.5 Å². The predicted molar refractivity (Wildman–Crippen MR) is 161 cm³/mol. The summed E-state index contributed by atoms with van der Waals surface area (Å²) in [5.74, 6) is 1.17. The van der Waals surface area contributed by atoms with Crippen molar-refractivity contribution in [3.8, 4) is 5.75 Å². The largest absolute Gasteiger partial charge is 0.488 e. The van der Waals surface area contributed by atoms with Crippen LogP contribution in [0, 0.1) is 0 Å². The Kier molecular flexibility index (Phi) is 9.09. The topological polar surface area (TPSA) is 73.8 Å². The number of ether oxygens (including phenoxy) is 1. The zero-order valence-electron chi connectivity index (χ0n) is 23.3. The van der Waals surface area contributed by atoms with Gasteiger partial charge in [0, 0.05) is 68.0 Å². The summed E-state index contributed by atoms with van der Waals surface area (Å²) < 4.78 is 8.41. The molecule has 3 aliphatic rings. The van der Waals surface area contributed by atoms with Crippen LogP contribution in [0.25, 0.3) is 10.9 Å². The molecular formula is C30H40N6O2S. The molecule has 0 bridgehead atoms. The molecule has 2 aromatic carbocycles. The number of aromatic nitrogens is 2. The first-order valence-electron chi connectivity index (χ1n) is 14.3. The minimum Gasteiger partial charge on any atom is -0.488 e. The number of carbonyl (C=O) groups excluding carboxylic acids is 1. The Morgan fingerprint density at radius 3 is 2.38 bits per heavy atom. The molecule has 9 heteroatoms. The molecule has 1 N–H and O–H groups in total. The molecule has 4 heterocycles. The van der Waals surface area contributed by atoms with Crippen LogP contribution >= 0.6 is 11.9 Å². The average molecular weight is 549 g/mol.